The molecule has 0 radical (unpaired) electrons. The van der Waals surface area contributed by atoms with Crippen LogP contribution in [0.3, 0.4) is 0 Å². The number of H-pyrrole nitrogens is 1. The van der Waals surface area contributed by atoms with Gasteiger partial charge in [-0.1, -0.05) is 0 Å². The van der Waals surface area contributed by atoms with Crippen molar-refractivity contribution in [2.24, 2.45) is 0 Å². The molecule has 0 fully saturated rings. The number of aromatic amines is 1. The van der Waals surface area contributed by atoms with E-state index in [4.69, 9.17) is 5.73 Å². The molecule has 0 aliphatic rings. The Morgan fingerprint density at radius 2 is 2.15 bits per heavy atom. The number of amides is 1. The van der Waals surface area contributed by atoms with Crippen LogP contribution in [0.5, 0.6) is 0 Å². The van der Waals surface area contributed by atoms with E-state index < -0.39 is 23.8 Å². The van der Waals surface area contributed by atoms with Crippen LogP contribution in [-0.2, 0) is 6.18 Å². The van der Waals surface area contributed by atoms with Gasteiger partial charge < -0.3 is 11.1 Å². The first-order valence-electron chi connectivity index (χ1n) is 7.23. The van der Waals surface area contributed by atoms with Crippen LogP contribution in [0.25, 0.3) is 5.13 Å². The van der Waals surface area contributed by atoms with Gasteiger partial charge >= 0.3 is 6.18 Å². The van der Waals surface area contributed by atoms with Gasteiger partial charge in [0.2, 0.25) is 11.1 Å². The summed E-state index contributed by atoms with van der Waals surface area (Å²) in [5.74, 6) is -0.202. The number of anilines is 1. The van der Waals surface area contributed by atoms with Crippen LogP contribution in [0.2, 0.25) is 0 Å². The van der Waals surface area contributed by atoms with Gasteiger partial charge in [-0.25, -0.2) is 9.67 Å². The highest BCUT2D eigenvalue weighted by Gasteiger charge is 2.36. The fraction of sp³-hybridized carbons (Fsp3) is 0.308. The Morgan fingerprint density at radius 1 is 1.42 bits per heavy atom. The molecule has 0 bridgehead atoms. The van der Waals surface area contributed by atoms with Gasteiger partial charge in [0.15, 0.2) is 5.69 Å². The molecule has 3 rings (SSSR count). The van der Waals surface area contributed by atoms with Gasteiger partial charge in [0, 0.05) is 5.38 Å². The summed E-state index contributed by atoms with van der Waals surface area (Å²) in [7, 11) is 0. The van der Waals surface area contributed by atoms with Gasteiger partial charge in [-0.05, 0) is 19.9 Å². The number of carbonyl (C=O) groups excluding carboxylic acids is 1. The Morgan fingerprint density at radius 3 is 2.77 bits per heavy atom. The number of nitrogen functional groups attached to an aromatic ring is 1. The van der Waals surface area contributed by atoms with Gasteiger partial charge in [0.05, 0.1) is 11.7 Å². The Labute approximate surface area is 148 Å². The summed E-state index contributed by atoms with van der Waals surface area (Å²) in [6.45, 7) is 3.08. The van der Waals surface area contributed by atoms with Crippen molar-refractivity contribution >= 4 is 23.2 Å². The topological polar surface area (TPSA) is 127 Å². The monoisotopic (exact) mass is 386 g/mol. The molecule has 9 nitrogen and oxygen atoms in total. The molecule has 3 aromatic heterocycles. The second-order valence-electron chi connectivity index (χ2n) is 5.37. The Hall–Kier alpha value is -2.96. The predicted molar refractivity (Wildman–Crippen MR) is 85.7 cm³/mol. The van der Waals surface area contributed by atoms with E-state index in [1.54, 1.807) is 6.92 Å². The van der Waals surface area contributed by atoms with Gasteiger partial charge in [-0.3, -0.25) is 9.89 Å². The SMILES string of the molecule is Cc1cc(C(F)(F)F)n(-c2nc(C(=O)NC(C)c3nc(N)n[nH]3)cs2)n1. The number of carbonyl (C=O) groups is 1. The van der Waals surface area contributed by atoms with E-state index in [0.717, 1.165) is 17.4 Å². The number of nitrogens with zero attached hydrogens (tertiary/aromatic N) is 5. The average molecular weight is 386 g/mol. The van der Waals surface area contributed by atoms with Crippen LogP contribution in [0.15, 0.2) is 11.4 Å². The highest BCUT2D eigenvalue weighted by molar-refractivity contribution is 7.12. The predicted octanol–water partition coefficient (Wildman–Crippen LogP) is 1.85. The number of hydrogen-bond acceptors (Lipinski definition) is 7. The van der Waals surface area contributed by atoms with Crippen LogP contribution in [-0.4, -0.2) is 35.9 Å². The number of halogens is 3. The van der Waals surface area contributed by atoms with E-state index in [0.29, 0.717) is 10.5 Å². The summed E-state index contributed by atoms with van der Waals surface area (Å²) in [5.41, 5.74) is 4.60. The number of nitrogens with one attached hydrogen (secondary N) is 2. The summed E-state index contributed by atoms with van der Waals surface area (Å²) in [4.78, 5) is 20.1. The Bertz CT molecular complexity index is 943. The van der Waals surface area contributed by atoms with E-state index in [-0.39, 0.29) is 22.5 Å². The molecule has 1 unspecified atom stereocenters. The van der Waals surface area contributed by atoms with Crippen LogP contribution in [0.4, 0.5) is 19.1 Å². The summed E-state index contributed by atoms with van der Waals surface area (Å²) in [5, 5.41) is 13.9. The maximum absolute atomic E-state index is 13.1. The van der Waals surface area contributed by atoms with Gasteiger partial charge in [-0.2, -0.15) is 23.3 Å². The second-order valence-corrected chi connectivity index (χ2v) is 6.21. The molecule has 0 aromatic carbocycles. The van der Waals surface area contributed by atoms with Crippen molar-refractivity contribution in [3.63, 3.8) is 0 Å². The third kappa shape index (κ3) is 3.51. The minimum atomic E-state index is -4.59. The minimum Gasteiger partial charge on any atom is -0.367 e. The summed E-state index contributed by atoms with van der Waals surface area (Å²) in [6.07, 6.45) is -4.59. The number of aromatic nitrogens is 6. The number of rotatable bonds is 4. The third-order valence-corrected chi connectivity index (χ3v) is 4.12. The lowest BCUT2D eigenvalue weighted by Crippen LogP contribution is -2.27. The van der Waals surface area contributed by atoms with E-state index >= 15 is 0 Å². The van der Waals surface area contributed by atoms with Crippen LogP contribution >= 0.6 is 11.3 Å². The molecular formula is C13H13F3N8OS. The van der Waals surface area contributed by atoms with Crippen molar-refractivity contribution in [1.82, 2.24) is 35.3 Å². The first-order valence-corrected chi connectivity index (χ1v) is 8.11. The van der Waals surface area contributed by atoms with Gasteiger partial charge in [0.25, 0.3) is 5.91 Å². The molecule has 13 heteroatoms. The lowest BCUT2D eigenvalue weighted by Gasteiger charge is -2.09. The van der Waals surface area contributed by atoms with Crippen LogP contribution in [0.1, 0.15) is 40.7 Å². The van der Waals surface area contributed by atoms with Crippen LogP contribution in [0, 0.1) is 6.92 Å². The van der Waals surface area contributed by atoms with Gasteiger partial charge in [0.1, 0.15) is 11.5 Å². The van der Waals surface area contributed by atoms with E-state index in [1.807, 2.05) is 0 Å². The smallest absolute Gasteiger partial charge is 0.367 e. The Kier molecular flexibility index (Phi) is 4.39. The molecule has 0 saturated carbocycles. The third-order valence-electron chi connectivity index (χ3n) is 3.31. The zero-order valence-corrected chi connectivity index (χ0v) is 14.3. The first kappa shape index (κ1) is 17.8. The van der Waals surface area contributed by atoms with Crippen molar-refractivity contribution in [1.29, 1.82) is 0 Å². The maximum atomic E-state index is 13.1. The molecule has 3 heterocycles. The minimum absolute atomic E-state index is 0.0331. The standard InChI is InChI=1S/C13H13F3N8OS/c1-5-3-8(13(14,15)16)24(23-5)12-19-7(4-26-12)10(25)18-6(2)9-20-11(17)22-21-9/h3-4,6H,1-2H3,(H,18,25)(H3,17,20,21,22). The molecule has 0 aliphatic heterocycles. The maximum Gasteiger partial charge on any atom is 0.433 e. The van der Waals surface area contributed by atoms with Crippen molar-refractivity contribution in [3.8, 4) is 5.13 Å². The molecule has 26 heavy (non-hydrogen) atoms. The Balaban J connectivity index is 1.81. The van der Waals surface area contributed by atoms with E-state index in [1.165, 1.54) is 12.3 Å². The average Bonchev–Trinajstić information content (AvgIpc) is 3.24. The largest absolute Gasteiger partial charge is 0.433 e. The molecule has 1 amide bonds. The van der Waals surface area contributed by atoms with E-state index in [9.17, 15) is 18.0 Å². The molecule has 1 atom stereocenters. The first-order chi connectivity index (χ1) is 12.1. The number of aryl methyl sites for hydroxylation is 1. The molecular weight excluding hydrogens is 373 g/mol. The molecule has 0 spiro atoms. The lowest BCUT2D eigenvalue weighted by atomic mass is 10.3. The quantitative estimate of drug-likeness (QED) is 0.628. The zero-order chi connectivity index (χ0) is 19.1. The van der Waals surface area contributed by atoms with E-state index in [2.05, 4.69) is 30.6 Å². The van der Waals surface area contributed by atoms with Crippen molar-refractivity contribution in [2.75, 3.05) is 5.73 Å². The summed E-state index contributed by atoms with van der Waals surface area (Å²) < 4.78 is 39.9. The normalized spacial score (nSPS) is 13.0. The summed E-state index contributed by atoms with van der Waals surface area (Å²) in [6, 6.07) is 0.368. The van der Waals surface area contributed by atoms with Crippen molar-refractivity contribution < 1.29 is 18.0 Å². The fourth-order valence-electron chi connectivity index (χ4n) is 2.13. The molecule has 4 N–H and O–H groups in total. The number of alkyl halides is 3. The highest BCUT2D eigenvalue weighted by Crippen LogP contribution is 2.32. The lowest BCUT2D eigenvalue weighted by molar-refractivity contribution is -0.142. The second kappa shape index (κ2) is 6.40. The zero-order valence-electron chi connectivity index (χ0n) is 13.5. The molecule has 3 aromatic rings. The highest BCUT2D eigenvalue weighted by atomic mass is 32.1. The molecule has 0 aliphatic carbocycles. The number of hydrogen-bond donors (Lipinski definition) is 3. The molecule has 0 saturated heterocycles. The van der Waals surface area contributed by atoms with Crippen molar-refractivity contribution in [2.45, 2.75) is 26.1 Å². The fourth-order valence-corrected chi connectivity index (χ4v) is 2.90. The van der Waals surface area contributed by atoms with Crippen molar-refractivity contribution in [3.05, 3.63) is 34.4 Å². The van der Waals surface area contributed by atoms with Crippen LogP contribution < -0.4 is 11.1 Å². The summed E-state index contributed by atoms with van der Waals surface area (Å²) >= 11 is 0.874. The number of nitrogens with two attached hydrogens (primary N) is 1. The molecule has 138 valence electrons. The van der Waals surface area contributed by atoms with Gasteiger partial charge in [-0.15, -0.1) is 16.4 Å². The number of thiazole rings is 1.